The van der Waals surface area contributed by atoms with Gasteiger partial charge in [-0.25, -0.2) is 4.79 Å². The lowest BCUT2D eigenvalue weighted by Crippen LogP contribution is -2.34. The number of ether oxygens (including phenoxy) is 1. The number of nitrogens with zero attached hydrogens (tertiary/aromatic N) is 2. The molecule has 7 nitrogen and oxygen atoms in total. The molecule has 1 aliphatic heterocycles. The minimum Gasteiger partial charge on any atom is -0.451 e. The fourth-order valence-electron chi connectivity index (χ4n) is 3.71. The second-order valence-corrected chi connectivity index (χ2v) is 7.93. The van der Waals surface area contributed by atoms with E-state index in [1.807, 2.05) is 24.0 Å². The number of piperidine rings is 1. The summed E-state index contributed by atoms with van der Waals surface area (Å²) in [6.07, 6.45) is 1.07. The van der Waals surface area contributed by atoms with Gasteiger partial charge in [0.15, 0.2) is 6.10 Å². The lowest BCUT2D eigenvalue weighted by Gasteiger charge is -2.32. The fourth-order valence-corrected chi connectivity index (χ4v) is 3.71. The van der Waals surface area contributed by atoms with Gasteiger partial charge in [-0.05, 0) is 44.7 Å². The second-order valence-electron chi connectivity index (χ2n) is 7.93. The molecule has 30 heavy (non-hydrogen) atoms. The molecular weight excluding hydrogens is 384 g/mol. The number of benzene rings is 2. The first-order valence-corrected chi connectivity index (χ1v) is 10.1. The van der Waals surface area contributed by atoms with Gasteiger partial charge < -0.3 is 9.64 Å². The third-order valence-electron chi connectivity index (χ3n) is 5.39. The monoisotopic (exact) mass is 410 g/mol. The first kappa shape index (κ1) is 21.5. The molecule has 0 bridgehead atoms. The van der Waals surface area contributed by atoms with Crippen LogP contribution in [0.1, 0.15) is 53.0 Å². The van der Waals surface area contributed by atoms with Crippen molar-refractivity contribution < 1.29 is 19.2 Å². The molecule has 0 unspecified atom stereocenters. The van der Waals surface area contributed by atoms with Crippen LogP contribution in [-0.4, -0.2) is 35.9 Å². The van der Waals surface area contributed by atoms with E-state index in [4.69, 9.17) is 4.74 Å². The van der Waals surface area contributed by atoms with Crippen LogP contribution < -0.4 is 4.90 Å². The smallest absolute Gasteiger partial charge is 0.339 e. The van der Waals surface area contributed by atoms with E-state index < -0.39 is 17.0 Å². The molecule has 1 heterocycles. The van der Waals surface area contributed by atoms with Gasteiger partial charge in [-0.15, -0.1) is 0 Å². The summed E-state index contributed by atoms with van der Waals surface area (Å²) in [6, 6.07) is 11.3. The topological polar surface area (TPSA) is 89.8 Å². The zero-order chi connectivity index (χ0) is 21.8. The average molecular weight is 410 g/mol. The van der Waals surface area contributed by atoms with Crippen molar-refractivity contribution >= 4 is 23.1 Å². The molecular formula is C23H26N2O5. The van der Waals surface area contributed by atoms with Crippen molar-refractivity contribution in [1.82, 2.24) is 0 Å². The van der Waals surface area contributed by atoms with Crippen LogP contribution in [0.2, 0.25) is 0 Å². The molecule has 1 aliphatic rings. The zero-order valence-electron chi connectivity index (χ0n) is 17.5. The van der Waals surface area contributed by atoms with Gasteiger partial charge in [0.2, 0.25) is 5.78 Å². The SMILES string of the molecule is Cc1ccc(C(=O)[C@@H](C)OC(=O)c2ccc(N3CCC[C@H](C)C3)c([N+](=O)[O-])c2)cc1. The molecule has 7 heteroatoms. The largest absolute Gasteiger partial charge is 0.451 e. The zero-order valence-corrected chi connectivity index (χ0v) is 17.5. The predicted molar refractivity (Wildman–Crippen MR) is 114 cm³/mol. The number of nitro benzene ring substituents is 1. The van der Waals surface area contributed by atoms with Crippen molar-refractivity contribution in [3.05, 3.63) is 69.3 Å². The number of nitro groups is 1. The Kier molecular flexibility index (Phi) is 6.50. The van der Waals surface area contributed by atoms with Crippen LogP contribution in [0.25, 0.3) is 0 Å². The van der Waals surface area contributed by atoms with Crippen LogP contribution in [0.15, 0.2) is 42.5 Å². The minimum absolute atomic E-state index is 0.0547. The fraction of sp³-hybridized carbons (Fsp3) is 0.391. The summed E-state index contributed by atoms with van der Waals surface area (Å²) in [5, 5.41) is 11.6. The molecule has 2 aromatic carbocycles. The third-order valence-corrected chi connectivity index (χ3v) is 5.39. The number of esters is 1. The van der Waals surface area contributed by atoms with Crippen molar-refractivity contribution in [3.8, 4) is 0 Å². The standard InChI is InChI=1S/C23H26N2O5/c1-15-6-8-18(9-7-15)22(26)17(3)30-23(27)19-10-11-20(21(13-19)25(28)29)24-12-4-5-16(2)14-24/h6-11,13,16-17H,4-5,12,14H2,1-3H3/t16-,17+/m0/s1. The van der Waals surface area contributed by atoms with Gasteiger partial charge in [0.25, 0.3) is 5.69 Å². The highest BCUT2D eigenvalue weighted by atomic mass is 16.6. The van der Waals surface area contributed by atoms with Crippen LogP contribution >= 0.6 is 0 Å². The molecule has 0 spiro atoms. The summed E-state index contributed by atoms with van der Waals surface area (Å²) in [7, 11) is 0. The lowest BCUT2D eigenvalue weighted by atomic mass is 9.99. The van der Waals surface area contributed by atoms with E-state index in [1.54, 1.807) is 18.2 Å². The Morgan fingerprint density at radius 3 is 2.47 bits per heavy atom. The molecule has 3 rings (SSSR count). The number of rotatable bonds is 6. The number of hydrogen-bond donors (Lipinski definition) is 0. The Balaban J connectivity index is 1.77. The maximum absolute atomic E-state index is 12.5. The van der Waals surface area contributed by atoms with Gasteiger partial charge in [-0.2, -0.15) is 0 Å². The summed E-state index contributed by atoms with van der Waals surface area (Å²) < 4.78 is 5.30. The summed E-state index contributed by atoms with van der Waals surface area (Å²) >= 11 is 0. The van der Waals surface area contributed by atoms with E-state index in [-0.39, 0.29) is 17.0 Å². The van der Waals surface area contributed by atoms with Gasteiger partial charge in [0.05, 0.1) is 10.5 Å². The Morgan fingerprint density at radius 2 is 1.83 bits per heavy atom. The van der Waals surface area contributed by atoms with Crippen LogP contribution in [0.5, 0.6) is 0 Å². The molecule has 2 atom stereocenters. The number of carbonyl (C=O) groups excluding carboxylic acids is 2. The maximum atomic E-state index is 12.5. The first-order valence-electron chi connectivity index (χ1n) is 10.1. The number of hydrogen-bond acceptors (Lipinski definition) is 6. The first-order chi connectivity index (χ1) is 14.3. The molecule has 0 saturated carbocycles. The highest BCUT2D eigenvalue weighted by Gasteiger charge is 2.27. The van der Waals surface area contributed by atoms with E-state index in [2.05, 4.69) is 6.92 Å². The van der Waals surface area contributed by atoms with Crippen molar-refractivity contribution in [2.24, 2.45) is 5.92 Å². The molecule has 0 aromatic heterocycles. The van der Waals surface area contributed by atoms with E-state index in [1.165, 1.54) is 19.1 Å². The molecule has 0 aliphatic carbocycles. The molecule has 0 amide bonds. The van der Waals surface area contributed by atoms with Crippen molar-refractivity contribution in [2.75, 3.05) is 18.0 Å². The van der Waals surface area contributed by atoms with Gasteiger partial charge in [0, 0.05) is 24.7 Å². The number of ketones is 1. The predicted octanol–water partition coefficient (Wildman–Crippen LogP) is 4.57. The number of anilines is 1. The number of aryl methyl sites for hydroxylation is 1. The third kappa shape index (κ3) is 4.84. The van der Waals surface area contributed by atoms with Crippen molar-refractivity contribution in [1.29, 1.82) is 0 Å². The van der Waals surface area contributed by atoms with Crippen LogP contribution in [0.3, 0.4) is 0 Å². The average Bonchev–Trinajstić information content (AvgIpc) is 2.73. The Labute approximate surface area is 175 Å². The van der Waals surface area contributed by atoms with Crippen LogP contribution in [0.4, 0.5) is 11.4 Å². The molecule has 1 saturated heterocycles. The Bertz CT molecular complexity index is 955. The lowest BCUT2D eigenvalue weighted by molar-refractivity contribution is -0.384. The van der Waals surface area contributed by atoms with E-state index in [9.17, 15) is 19.7 Å². The Morgan fingerprint density at radius 1 is 1.17 bits per heavy atom. The van der Waals surface area contributed by atoms with E-state index in [0.29, 0.717) is 17.2 Å². The summed E-state index contributed by atoms with van der Waals surface area (Å²) in [5.74, 6) is -0.627. The van der Waals surface area contributed by atoms with Gasteiger partial charge in [0.1, 0.15) is 5.69 Å². The second kappa shape index (κ2) is 9.07. The normalized spacial score (nSPS) is 17.3. The summed E-state index contributed by atoms with van der Waals surface area (Å²) in [6.45, 7) is 7.02. The van der Waals surface area contributed by atoms with Gasteiger partial charge >= 0.3 is 5.97 Å². The van der Waals surface area contributed by atoms with Gasteiger partial charge in [-0.3, -0.25) is 14.9 Å². The molecule has 1 fully saturated rings. The molecule has 0 radical (unpaired) electrons. The highest BCUT2D eigenvalue weighted by Crippen LogP contribution is 2.32. The maximum Gasteiger partial charge on any atom is 0.339 e. The molecule has 158 valence electrons. The minimum atomic E-state index is -0.998. The van der Waals surface area contributed by atoms with E-state index in [0.717, 1.165) is 31.5 Å². The van der Waals surface area contributed by atoms with Gasteiger partial charge in [-0.1, -0.05) is 36.8 Å². The van der Waals surface area contributed by atoms with Crippen molar-refractivity contribution in [2.45, 2.75) is 39.7 Å². The van der Waals surface area contributed by atoms with Crippen LogP contribution in [-0.2, 0) is 4.74 Å². The number of Topliss-reactive ketones (excluding diaryl/α,β-unsaturated/α-hetero) is 1. The molecule has 2 aromatic rings. The molecule has 0 N–H and O–H groups in total. The van der Waals surface area contributed by atoms with Crippen LogP contribution in [0, 0.1) is 23.0 Å². The van der Waals surface area contributed by atoms with Crippen molar-refractivity contribution in [3.63, 3.8) is 0 Å². The Hall–Kier alpha value is -3.22. The quantitative estimate of drug-likeness (QED) is 0.300. The van der Waals surface area contributed by atoms with E-state index >= 15 is 0 Å². The number of carbonyl (C=O) groups is 2. The highest BCUT2D eigenvalue weighted by molar-refractivity contribution is 6.01. The summed E-state index contributed by atoms with van der Waals surface area (Å²) in [5.41, 5.74) is 1.90. The summed E-state index contributed by atoms with van der Waals surface area (Å²) in [4.78, 5) is 38.2.